The molecule has 0 fully saturated rings. The highest BCUT2D eigenvalue weighted by Gasteiger charge is 1.69. The molecule has 8 heavy (non-hydrogen) atoms. The third kappa shape index (κ3) is 91600. The maximum atomic E-state index is 10.1. The van der Waals surface area contributed by atoms with Gasteiger partial charge in [-0.25, -0.2) is 4.20 Å². The van der Waals surface area contributed by atoms with Gasteiger partial charge in [-0.15, -0.1) is 0 Å². The second-order valence-electron chi connectivity index (χ2n) is 0.431. The number of quaternary nitrogens is 2. The van der Waals surface area contributed by atoms with E-state index in [2.05, 4.69) is 0 Å². The van der Waals surface area contributed by atoms with Crippen LogP contribution in [0.1, 0.15) is 0 Å². The Hall–Kier alpha value is -0.0400. The Morgan fingerprint density at radius 3 is 1.25 bits per heavy atom. The summed E-state index contributed by atoms with van der Waals surface area (Å²) in [5.74, 6) is 0. The molecule has 0 aliphatic heterocycles. The third-order valence-electron chi connectivity index (χ3n) is 0. The Balaban J connectivity index is -0.0000000267. The van der Waals surface area contributed by atoms with Crippen LogP contribution in [-0.2, 0) is 4.57 Å². The Morgan fingerprint density at radius 2 is 1.25 bits per heavy atom. The first-order valence-corrected chi connectivity index (χ1v) is 2.15. The zero-order valence-corrected chi connectivity index (χ0v) is 5.44. The molecule has 0 aromatic carbocycles. The molecule has 0 saturated carbocycles. The van der Waals surface area contributed by atoms with Crippen LogP contribution in [-0.4, -0.2) is 5.48 Å². The van der Waals surface area contributed by atoms with E-state index in [0.717, 1.165) is 0 Å². The number of halogens is 1. The van der Waals surface area contributed by atoms with Crippen molar-refractivity contribution in [3.63, 3.8) is 0 Å². The summed E-state index contributed by atoms with van der Waals surface area (Å²) in [5, 5.41) is 0. The van der Waals surface area contributed by atoms with E-state index in [9.17, 15) is 4.20 Å². The third-order valence-corrected chi connectivity index (χ3v) is 0. The summed E-state index contributed by atoms with van der Waals surface area (Å²) in [7, 11) is -5.64. The molecule has 0 aromatic heterocycles. The smallest absolute Gasteiger partial charge is 0.110 e. The minimum absolute atomic E-state index is 0. The van der Waals surface area contributed by atoms with Crippen molar-refractivity contribution in [3.8, 4) is 0 Å². The zero-order valence-electron chi connectivity index (χ0n) is 4.55. The van der Waals surface area contributed by atoms with Gasteiger partial charge < -0.3 is 32.1 Å². The quantitative estimate of drug-likeness (QED) is 0.412. The monoisotopic (exact) mass is 152 g/mol. The van der Waals surface area contributed by atoms with Crippen molar-refractivity contribution in [1.82, 2.24) is 12.3 Å². The molecule has 6 nitrogen and oxygen atoms in total. The van der Waals surface area contributed by atoms with Crippen LogP contribution in [0.25, 0.3) is 0 Å². The topological polar surface area (TPSA) is 168 Å². The highest BCUT2D eigenvalue weighted by Crippen LogP contribution is 2.22. The highest BCUT2D eigenvalue weighted by atomic mass is 31.2. The molecule has 0 aliphatic rings. The minimum atomic E-state index is -5.64. The van der Waals surface area contributed by atoms with Crippen LogP contribution in [0.4, 0.5) is 4.20 Å². The molecule has 8 heteroatoms. The normalized spacial score (nSPS) is 7.38. The number of hydrogen-bond donors (Lipinski definition) is 2. The van der Waals surface area contributed by atoms with E-state index in [1.807, 2.05) is 0 Å². The molecule has 0 rings (SSSR count). The van der Waals surface area contributed by atoms with E-state index in [-0.39, 0.29) is 17.8 Å². The van der Waals surface area contributed by atoms with Crippen molar-refractivity contribution in [2.75, 3.05) is 0 Å². The maximum absolute atomic E-state index is 10.1. The van der Waals surface area contributed by atoms with Crippen LogP contribution < -0.4 is 22.1 Å². The second-order valence-corrected chi connectivity index (χ2v) is 1.29. The average molecular weight is 152 g/mol. The van der Waals surface area contributed by atoms with Gasteiger partial charge in [0.1, 0.15) is 7.91 Å². The summed E-state index contributed by atoms with van der Waals surface area (Å²) in [6.07, 6.45) is 0. The maximum Gasteiger partial charge on any atom is 0.110 e. The molecule has 0 spiro atoms. The summed E-state index contributed by atoms with van der Waals surface area (Å²) < 4.78 is 18.6. The van der Waals surface area contributed by atoms with Gasteiger partial charge in [0.25, 0.3) is 0 Å². The summed E-state index contributed by atoms with van der Waals surface area (Å²) in [6.45, 7) is 0. The Bertz CT molecular complexity index is 60.2. The number of rotatable bonds is 0. The summed E-state index contributed by atoms with van der Waals surface area (Å²) in [6, 6.07) is 0. The van der Waals surface area contributed by atoms with Crippen LogP contribution in [0.3, 0.4) is 0 Å². The first-order chi connectivity index (χ1) is 2.00. The van der Waals surface area contributed by atoms with Gasteiger partial charge >= 0.3 is 0 Å². The first kappa shape index (κ1) is 24.6. The fourth-order valence-corrected chi connectivity index (χ4v) is 0. The van der Waals surface area contributed by atoms with Crippen molar-refractivity contribution in [3.05, 3.63) is 0 Å². The van der Waals surface area contributed by atoms with E-state index in [1.165, 1.54) is 0 Å². The summed E-state index contributed by atoms with van der Waals surface area (Å²) >= 11 is 0. The molecule has 0 aromatic rings. The van der Waals surface area contributed by atoms with E-state index in [4.69, 9.17) is 14.4 Å². The molecular formula is H10FN2O4P. The summed E-state index contributed by atoms with van der Waals surface area (Å²) in [4.78, 5) is 16.9. The SMILES string of the molecule is O.O=P([O-])([O-])F.[NH4+].[NH4+]. The van der Waals surface area contributed by atoms with Gasteiger partial charge in [0.15, 0.2) is 0 Å². The van der Waals surface area contributed by atoms with Gasteiger partial charge in [-0.3, -0.25) is 0 Å². The Labute approximate surface area is 45.5 Å². The van der Waals surface area contributed by atoms with E-state index in [1.54, 1.807) is 0 Å². The van der Waals surface area contributed by atoms with Gasteiger partial charge in [-0.1, -0.05) is 0 Å². The van der Waals surface area contributed by atoms with Gasteiger partial charge in [-0.2, -0.15) is 0 Å². The van der Waals surface area contributed by atoms with Gasteiger partial charge in [0.05, 0.1) is 0 Å². The number of hydrogen-bond acceptors (Lipinski definition) is 3. The molecular weight excluding hydrogens is 142 g/mol. The lowest BCUT2D eigenvalue weighted by atomic mass is 14.0. The molecule has 0 aliphatic carbocycles. The van der Waals surface area contributed by atoms with Crippen molar-refractivity contribution in [2.45, 2.75) is 0 Å². The fraction of sp³-hybridized carbons (Fsp3) is 0. The molecule has 0 bridgehead atoms. The lowest BCUT2D eigenvalue weighted by Gasteiger charge is -2.15. The lowest BCUT2D eigenvalue weighted by Crippen LogP contribution is -2.07. The average Bonchev–Trinajstić information content (AvgIpc) is 0.722. The van der Waals surface area contributed by atoms with Crippen molar-refractivity contribution >= 4 is 7.91 Å². The molecule has 0 unspecified atom stereocenters. The molecule has 10 N–H and O–H groups in total. The fourth-order valence-electron chi connectivity index (χ4n) is 0. The first-order valence-electron chi connectivity index (χ1n) is 0.717. The largest absolute Gasteiger partial charge is 0.786 e. The van der Waals surface area contributed by atoms with Gasteiger partial charge in [-0.05, 0) is 0 Å². The van der Waals surface area contributed by atoms with E-state index in [0.29, 0.717) is 0 Å². The molecule has 0 atom stereocenters. The van der Waals surface area contributed by atoms with E-state index < -0.39 is 7.91 Å². The summed E-state index contributed by atoms with van der Waals surface area (Å²) in [5.41, 5.74) is 0. The predicted molar refractivity (Wildman–Crippen MR) is 24.3 cm³/mol. The Kier molecular flexibility index (Phi) is 21.4. The van der Waals surface area contributed by atoms with Gasteiger partial charge in [0.2, 0.25) is 0 Å². The predicted octanol–water partition coefficient (Wildman–Crippen LogP) is -1.29. The Morgan fingerprint density at radius 1 is 1.25 bits per heavy atom. The zero-order chi connectivity index (χ0) is 4.50. The van der Waals surface area contributed by atoms with Crippen molar-refractivity contribution < 1.29 is 24.0 Å². The molecule has 56 valence electrons. The van der Waals surface area contributed by atoms with Crippen LogP contribution in [0.15, 0.2) is 0 Å². The van der Waals surface area contributed by atoms with E-state index >= 15 is 0 Å². The molecule has 0 amide bonds. The van der Waals surface area contributed by atoms with Crippen molar-refractivity contribution in [2.24, 2.45) is 0 Å². The van der Waals surface area contributed by atoms with Crippen LogP contribution in [0.5, 0.6) is 0 Å². The minimum Gasteiger partial charge on any atom is -0.786 e. The second kappa shape index (κ2) is 6.96. The van der Waals surface area contributed by atoms with Gasteiger partial charge in [0, 0.05) is 0 Å². The molecule has 0 heterocycles. The van der Waals surface area contributed by atoms with Crippen LogP contribution >= 0.6 is 7.91 Å². The van der Waals surface area contributed by atoms with Crippen molar-refractivity contribution in [1.29, 1.82) is 0 Å². The molecule has 0 radical (unpaired) electrons. The van der Waals surface area contributed by atoms with Crippen LogP contribution in [0, 0.1) is 0 Å². The van der Waals surface area contributed by atoms with Crippen LogP contribution in [0.2, 0.25) is 0 Å². The lowest BCUT2D eigenvalue weighted by molar-refractivity contribution is -0.328. The molecule has 0 saturated heterocycles. The standard InChI is InChI=1S/FH2O3P.2H3N.H2O/c1-5(2,3)4;;;/h(H2,2,3,4);2*1H3;1H2. The highest BCUT2D eigenvalue weighted by molar-refractivity contribution is 7.42.